The van der Waals surface area contributed by atoms with Gasteiger partial charge < -0.3 is 10.1 Å². The molecule has 3 nitrogen and oxygen atoms in total. The Morgan fingerprint density at radius 2 is 2.47 bits per heavy atom. The summed E-state index contributed by atoms with van der Waals surface area (Å²) in [6, 6.07) is 0.620. The molecule has 0 radical (unpaired) electrons. The quantitative estimate of drug-likeness (QED) is 0.857. The van der Waals surface area contributed by atoms with Gasteiger partial charge in [0.25, 0.3) is 0 Å². The van der Waals surface area contributed by atoms with Crippen LogP contribution in [0.15, 0.2) is 6.20 Å². The van der Waals surface area contributed by atoms with E-state index in [1.807, 2.05) is 13.1 Å². The van der Waals surface area contributed by atoms with Crippen LogP contribution >= 0.6 is 11.3 Å². The van der Waals surface area contributed by atoms with Crippen LogP contribution in [0, 0.1) is 6.92 Å². The third kappa shape index (κ3) is 3.55. The van der Waals surface area contributed by atoms with Crippen molar-refractivity contribution in [3.05, 3.63) is 16.1 Å². The Morgan fingerprint density at radius 1 is 1.53 bits per heavy atom. The largest absolute Gasteiger partial charge is 0.381 e. The normalized spacial score (nSPS) is 22.6. The topological polar surface area (TPSA) is 34.2 Å². The maximum Gasteiger partial charge on any atom is 0.0897 e. The van der Waals surface area contributed by atoms with Gasteiger partial charge >= 0.3 is 0 Å². The van der Waals surface area contributed by atoms with Crippen molar-refractivity contribution in [1.82, 2.24) is 10.3 Å². The Morgan fingerprint density at radius 3 is 3.27 bits per heavy atom. The minimum Gasteiger partial charge on any atom is -0.381 e. The highest BCUT2D eigenvalue weighted by atomic mass is 32.1. The lowest BCUT2D eigenvalue weighted by Gasteiger charge is -2.14. The number of aromatic nitrogens is 1. The van der Waals surface area contributed by atoms with Crippen molar-refractivity contribution in [3.8, 4) is 0 Å². The number of aryl methyl sites for hydroxylation is 1. The zero-order valence-corrected chi connectivity index (χ0v) is 9.98. The second-order valence-corrected chi connectivity index (χ2v) is 5.29. The Labute approximate surface area is 94.9 Å². The molecule has 4 heteroatoms. The number of hydrogen-bond acceptors (Lipinski definition) is 4. The van der Waals surface area contributed by atoms with Crippen LogP contribution in [0.3, 0.4) is 0 Å². The van der Waals surface area contributed by atoms with E-state index in [0.717, 1.165) is 31.2 Å². The smallest absolute Gasteiger partial charge is 0.0897 e. The van der Waals surface area contributed by atoms with Crippen LogP contribution in [0.4, 0.5) is 0 Å². The summed E-state index contributed by atoms with van der Waals surface area (Å²) in [6.45, 7) is 4.83. The first-order valence-electron chi connectivity index (χ1n) is 5.57. The first-order chi connectivity index (χ1) is 7.34. The first kappa shape index (κ1) is 11.0. The van der Waals surface area contributed by atoms with Crippen LogP contribution in [-0.4, -0.2) is 24.2 Å². The maximum atomic E-state index is 5.43. The van der Waals surface area contributed by atoms with Gasteiger partial charge in [0.2, 0.25) is 0 Å². The van der Waals surface area contributed by atoms with Gasteiger partial charge in [0.1, 0.15) is 0 Å². The molecule has 1 atom stereocenters. The zero-order valence-electron chi connectivity index (χ0n) is 9.16. The van der Waals surface area contributed by atoms with E-state index in [0.29, 0.717) is 6.04 Å². The van der Waals surface area contributed by atoms with E-state index in [4.69, 9.17) is 4.74 Å². The number of rotatable bonds is 3. The lowest BCUT2D eigenvalue weighted by molar-refractivity contribution is 0.142. The van der Waals surface area contributed by atoms with Crippen LogP contribution in [0.5, 0.6) is 0 Å². The van der Waals surface area contributed by atoms with E-state index in [2.05, 4.69) is 10.3 Å². The molecular formula is C11H18N2OS. The summed E-state index contributed by atoms with van der Waals surface area (Å²) in [5.41, 5.74) is 0. The first-order valence-corrected chi connectivity index (χ1v) is 6.38. The van der Waals surface area contributed by atoms with Gasteiger partial charge in [0.15, 0.2) is 0 Å². The van der Waals surface area contributed by atoms with Gasteiger partial charge in [-0.3, -0.25) is 0 Å². The lowest BCUT2D eigenvalue weighted by Crippen LogP contribution is -2.28. The van der Waals surface area contributed by atoms with Crippen LogP contribution in [0.2, 0.25) is 0 Å². The number of hydrogen-bond donors (Lipinski definition) is 1. The molecule has 15 heavy (non-hydrogen) atoms. The van der Waals surface area contributed by atoms with E-state index in [1.54, 1.807) is 11.3 Å². The summed E-state index contributed by atoms with van der Waals surface area (Å²) in [5, 5.41) is 4.73. The van der Waals surface area contributed by atoms with Gasteiger partial charge in [-0.05, 0) is 26.2 Å². The zero-order chi connectivity index (χ0) is 10.5. The van der Waals surface area contributed by atoms with Crippen molar-refractivity contribution in [1.29, 1.82) is 0 Å². The highest BCUT2D eigenvalue weighted by molar-refractivity contribution is 7.11. The fraction of sp³-hybridized carbons (Fsp3) is 0.727. The van der Waals surface area contributed by atoms with E-state index >= 15 is 0 Å². The summed E-state index contributed by atoms with van der Waals surface area (Å²) < 4.78 is 5.43. The molecular weight excluding hydrogens is 208 g/mol. The SMILES string of the molecule is Cc1ncc(CNC2CCCOCC2)s1. The number of thiazole rings is 1. The lowest BCUT2D eigenvalue weighted by atomic mass is 10.1. The molecule has 1 aromatic rings. The van der Waals surface area contributed by atoms with Crippen LogP contribution in [0.1, 0.15) is 29.1 Å². The fourth-order valence-corrected chi connectivity index (χ4v) is 2.59. The summed E-state index contributed by atoms with van der Waals surface area (Å²) in [7, 11) is 0. The average molecular weight is 226 g/mol. The Bertz CT molecular complexity index is 293. The number of nitrogens with one attached hydrogen (secondary N) is 1. The molecule has 1 fully saturated rings. The monoisotopic (exact) mass is 226 g/mol. The highest BCUT2D eigenvalue weighted by Gasteiger charge is 2.11. The molecule has 1 saturated heterocycles. The molecule has 84 valence electrons. The Hall–Kier alpha value is -0.450. The molecule has 2 rings (SSSR count). The Kier molecular flexibility index (Phi) is 4.11. The third-order valence-corrected chi connectivity index (χ3v) is 3.60. The van der Waals surface area contributed by atoms with Crippen molar-refractivity contribution in [2.45, 2.75) is 38.8 Å². The summed E-state index contributed by atoms with van der Waals surface area (Å²) in [6.07, 6.45) is 5.52. The third-order valence-electron chi connectivity index (χ3n) is 2.69. The van der Waals surface area contributed by atoms with Gasteiger partial charge in [-0.1, -0.05) is 0 Å². The van der Waals surface area contributed by atoms with Gasteiger partial charge in [0.05, 0.1) is 5.01 Å². The summed E-state index contributed by atoms with van der Waals surface area (Å²) in [5.74, 6) is 0. The molecule has 1 aliphatic heterocycles. The minimum absolute atomic E-state index is 0.620. The highest BCUT2D eigenvalue weighted by Crippen LogP contribution is 2.13. The number of nitrogens with zero attached hydrogens (tertiary/aromatic N) is 1. The van der Waals surface area contributed by atoms with Crippen molar-refractivity contribution in [2.24, 2.45) is 0 Å². The predicted molar refractivity (Wildman–Crippen MR) is 62.1 cm³/mol. The van der Waals surface area contributed by atoms with Crippen LogP contribution in [0.25, 0.3) is 0 Å². The molecule has 0 amide bonds. The van der Waals surface area contributed by atoms with Crippen LogP contribution < -0.4 is 5.32 Å². The van der Waals surface area contributed by atoms with E-state index in [1.165, 1.54) is 17.7 Å². The summed E-state index contributed by atoms with van der Waals surface area (Å²) in [4.78, 5) is 5.58. The standard InChI is InChI=1S/C11H18N2OS/c1-9-12-7-11(15-9)8-13-10-3-2-5-14-6-4-10/h7,10,13H,2-6,8H2,1H3. The van der Waals surface area contributed by atoms with Crippen molar-refractivity contribution < 1.29 is 4.74 Å². The van der Waals surface area contributed by atoms with E-state index in [9.17, 15) is 0 Å². The summed E-state index contributed by atoms with van der Waals surface area (Å²) >= 11 is 1.78. The molecule has 0 aliphatic carbocycles. The van der Waals surface area contributed by atoms with Gasteiger partial charge in [0, 0.05) is 36.9 Å². The molecule has 0 aromatic carbocycles. The minimum atomic E-state index is 0.620. The van der Waals surface area contributed by atoms with Crippen LogP contribution in [-0.2, 0) is 11.3 Å². The van der Waals surface area contributed by atoms with Crippen molar-refractivity contribution in [2.75, 3.05) is 13.2 Å². The Balaban J connectivity index is 1.76. The molecule has 0 bridgehead atoms. The van der Waals surface area contributed by atoms with Gasteiger partial charge in [-0.25, -0.2) is 4.98 Å². The molecule has 0 saturated carbocycles. The molecule has 1 unspecified atom stereocenters. The van der Waals surface area contributed by atoms with Crippen molar-refractivity contribution in [3.63, 3.8) is 0 Å². The van der Waals surface area contributed by atoms with E-state index in [-0.39, 0.29) is 0 Å². The van der Waals surface area contributed by atoms with E-state index < -0.39 is 0 Å². The predicted octanol–water partition coefficient (Wildman–Crippen LogP) is 2.11. The number of ether oxygens (including phenoxy) is 1. The molecule has 1 N–H and O–H groups in total. The second kappa shape index (κ2) is 5.58. The molecule has 2 heterocycles. The van der Waals surface area contributed by atoms with Crippen molar-refractivity contribution >= 4 is 11.3 Å². The molecule has 1 aromatic heterocycles. The molecule has 0 spiro atoms. The van der Waals surface area contributed by atoms with Gasteiger partial charge in [-0.15, -0.1) is 11.3 Å². The average Bonchev–Trinajstić information content (AvgIpc) is 2.52. The maximum absolute atomic E-state index is 5.43. The second-order valence-electron chi connectivity index (χ2n) is 3.97. The molecule has 1 aliphatic rings. The fourth-order valence-electron chi connectivity index (χ4n) is 1.84. The van der Waals surface area contributed by atoms with Gasteiger partial charge in [-0.2, -0.15) is 0 Å².